The molecule has 14 heavy (non-hydrogen) atoms. The van der Waals surface area contributed by atoms with Gasteiger partial charge in [0.2, 0.25) is 0 Å². The summed E-state index contributed by atoms with van der Waals surface area (Å²) in [6, 6.07) is 4.07. The van der Waals surface area contributed by atoms with Crippen LogP contribution >= 0.6 is 0 Å². The molecule has 1 heterocycles. The van der Waals surface area contributed by atoms with Crippen LogP contribution in [0.2, 0.25) is 0 Å². The van der Waals surface area contributed by atoms with Crippen LogP contribution < -0.4 is 5.32 Å². The molecule has 0 amide bonds. The molecule has 0 saturated carbocycles. The van der Waals surface area contributed by atoms with Crippen LogP contribution in [0.4, 0.5) is 5.69 Å². The first kappa shape index (κ1) is 8.81. The number of aryl methyl sites for hydroxylation is 1. The normalized spacial score (nSPS) is 10.4. The molecular formula is C11H13N3. The van der Waals surface area contributed by atoms with Crippen molar-refractivity contribution in [2.45, 2.75) is 6.92 Å². The Balaban J connectivity index is 2.74. The number of H-pyrrole nitrogens is 1. The molecule has 3 heteroatoms. The second-order valence-electron chi connectivity index (χ2n) is 3.23. The van der Waals surface area contributed by atoms with Gasteiger partial charge in [-0.15, -0.1) is 0 Å². The number of hydrogen-bond donors (Lipinski definition) is 2. The third kappa shape index (κ3) is 1.27. The first-order valence-electron chi connectivity index (χ1n) is 4.55. The molecular weight excluding hydrogens is 174 g/mol. The molecule has 0 fully saturated rings. The van der Waals surface area contributed by atoms with Gasteiger partial charge in [0, 0.05) is 12.7 Å². The molecule has 0 bridgehead atoms. The monoisotopic (exact) mass is 187 g/mol. The minimum atomic E-state index is 0.934. The highest BCUT2D eigenvalue weighted by Gasteiger charge is 2.03. The lowest BCUT2D eigenvalue weighted by atomic mass is 10.1. The molecule has 0 aliphatic rings. The fourth-order valence-corrected chi connectivity index (χ4v) is 1.59. The van der Waals surface area contributed by atoms with E-state index in [-0.39, 0.29) is 0 Å². The summed E-state index contributed by atoms with van der Waals surface area (Å²) in [5.74, 6) is 0.934. The topological polar surface area (TPSA) is 40.7 Å². The smallest absolute Gasteiger partial charge is 0.104 e. The van der Waals surface area contributed by atoms with Gasteiger partial charge in [-0.1, -0.05) is 12.7 Å². The van der Waals surface area contributed by atoms with Crippen LogP contribution in [0.5, 0.6) is 0 Å². The Morgan fingerprint density at radius 3 is 2.93 bits per heavy atom. The Morgan fingerprint density at radius 2 is 2.29 bits per heavy atom. The lowest BCUT2D eigenvalue weighted by Gasteiger charge is -2.04. The maximum Gasteiger partial charge on any atom is 0.104 e. The highest BCUT2D eigenvalue weighted by molar-refractivity contribution is 5.85. The van der Waals surface area contributed by atoms with Gasteiger partial charge in [0.1, 0.15) is 5.82 Å². The van der Waals surface area contributed by atoms with Crippen molar-refractivity contribution in [2.24, 2.45) is 0 Å². The van der Waals surface area contributed by atoms with Gasteiger partial charge in [-0.2, -0.15) is 0 Å². The van der Waals surface area contributed by atoms with Crippen molar-refractivity contribution in [3.63, 3.8) is 0 Å². The highest BCUT2D eigenvalue weighted by atomic mass is 14.9. The lowest BCUT2D eigenvalue weighted by Crippen LogP contribution is -1.91. The molecule has 0 radical (unpaired) electrons. The molecule has 3 nitrogen and oxygen atoms in total. The molecule has 2 rings (SSSR count). The van der Waals surface area contributed by atoms with Gasteiger partial charge in [-0.3, -0.25) is 0 Å². The predicted molar refractivity (Wildman–Crippen MR) is 60.5 cm³/mol. The molecule has 0 spiro atoms. The molecule has 0 unspecified atom stereocenters. The van der Waals surface area contributed by atoms with Crippen LogP contribution in [0.1, 0.15) is 11.4 Å². The molecule has 0 atom stereocenters. The Bertz CT molecular complexity index is 482. The minimum Gasteiger partial charge on any atom is -0.388 e. The quantitative estimate of drug-likeness (QED) is 0.758. The Hall–Kier alpha value is -1.77. The van der Waals surface area contributed by atoms with Crippen molar-refractivity contribution in [1.29, 1.82) is 0 Å². The van der Waals surface area contributed by atoms with E-state index in [0.29, 0.717) is 0 Å². The van der Waals surface area contributed by atoms with Gasteiger partial charge in [-0.05, 0) is 24.6 Å². The van der Waals surface area contributed by atoms with Crippen LogP contribution in [-0.2, 0) is 0 Å². The van der Waals surface area contributed by atoms with E-state index in [2.05, 4.69) is 21.9 Å². The lowest BCUT2D eigenvalue weighted by molar-refractivity contribution is 1.17. The average Bonchev–Trinajstić information content (AvgIpc) is 2.54. The van der Waals surface area contributed by atoms with E-state index in [9.17, 15) is 0 Å². The average molecular weight is 187 g/mol. The zero-order valence-corrected chi connectivity index (χ0v) is 8.39. The van der Waals surface area contributed by atoms with E-state index in [1.165, 1.54) is 0 Å². The van der Waals surface area contributed by atoms with Gasteiger partial charge >= 0.3 is 0 Å². The highest BCUT2D eigenvalue weighted by Crippen LogP contribution is 2.23. The summed E-state index contributed by atoms with van der Waals surface area (Å²) in [7, 11) is 1.90. The zero-order chi connectivity index (χ0) is 10.1. The van der Waals surface area contributed by atoms with Gasteiger partial charge in [0.15, 0.2) is 0 Å². The summed E-state index contributed by atoms with van der Waals surface area (Å²) in [6.45, 7) is 5.73. The van der Waals surface area contributed by atoms with E-state index in [1.54, 1.807) is 0 Å². The summed E-state index contributed by atoms with van der Waals surface area (Å²) >= 11 is 0. The Morgan fingerprint density at radius 1 is 1.50 bits per heavy atom. The standard InChI is InChI=1S/C11H13N3/c1-4-8-5-10-11(6-9(8)12-3)14-7(2)13-10/h4-6,12H,1H2,2-3H3,(H,13,14). The van der Waals surface area contributed by atoms with Crippen LogP contribution in [0.3, 0.4) is 0 Å². The Kier molecular flexibility index (Phi) is 2.00. The van der Waals surface area contributed by atoms with Crippen molar-refractivity contribution in [1.82, 2.24) is 9.97 Å². The van der Waals surface area contributed by atoms with Crippen molar-refractivity contribution in [2.75, 3.05) is 12.4 Å². The number of aromatic nitrogens is 2. The maximum atomic E-state index is 4.37. The minimum absolute atomic E-state index is 0.934. The second kappa shape index (κ2) is 3.18. The van der Waals surface area contributed by atoms with Crippen LogP contribution in [0.15, 0.2) is 18.7 Å². The molecule has 0 aliphatic heterocycles. The van der Waals surface area contributed by atoms with Crippen molar-refractivity contribution in [3.8, 4) is 0 Å². The van der Waals surface area contributed by atoms with E-state index in [1.807, 2.05) is 32.2 Å². The van der Waals surface area contributed by atoms with E-state index in [0.717, 1.165) is 28.1 Å². The third-order valence-corrected chi connectivity index (χ3v) is 2.26. The zero-order valence-electron chi connectivity index (χ0n) is 8.39. The molecule has 2 N–H and O–H groups in total. The number of hydrogen-bond acceptors (Lipinski definition) is 2. The van der Waals surface area contributed by atoms with Gasteiger partial charge in [0.05, 0.1) is 11.0 Å². The van der Waals surface area contributed by atoms with Crippen molar-refractivity contribution in [3.05, 3.63) is 30.1 Å². The van der Waals surface area contributed by atoms with E-state index in [4.69, 9.17) is 0 Å². The summed E-state index contributed by atoms with van der Waals surface area (Å²) < 4.78 is 0. The van der Waals surface area contributed by atoms with Crippen LogP contribution in [0.25, 0.3) is 17.1 Å². The van der Waals surface area contributed by atoms with Crippen molar-refractivity contribution >= 4 is 22.8 Å². The molecule has 2 aromatic rings. The van der Waals surface area contributed by atoms with Crippen LogP contribution in [0, 0.1) is 6.92 Å². The molecule has 0 aliphatic carbocycles. The maximum absolute atomic E-state index is 4.37. The number of benzene rings is 1. The van der Waals surface area contributed by atoms with E-state index < -0.39 is 0 Å². The SMILES string of the molecule is C=Cc1cc2[nH]c(C)nc2cc1NC. The third-order valence-electron chi connectivity index (χ3n) is 2.26. The van der Waals surface area contributed by atoms with Gasteiger partial charge in [0.25, 0.3) is 0 Å². The number of nitrogens with one attached hydrogen (secondary N) is 2. The molecule has 72 valence electrons. The molecule has 1 aromatic carbocycles. The number of nitrogens with zero attached hydrogens (tertiary/aromatic N) is 1. The van der Waals surface area contributed by atoms with Gasteiger partial charge < -0.3 is 10.3 Å². The summed E-state index contributed by atoms with van der Waals surface area (Å²) in [6.07, 6.45) is 1.83. The number of aromatic amines is 1. The van der Waals surface area contributed by atoms with Crippen molar-refractivity contribution < 1.29 is 0 Å². The first-order chi connectivity index (χ1) is 6.74. The van der Waals surface area contributed by atoms with E-state index >= 15 is 0 Å². The predicted octanol–water partition coefficient (Wildman–Crippen LogP) is 2.56. The Labute approximate surface area is 82.9 Å². The van der Waals surface area contributed by atoms with Crippen LogP contribution in [-0.4, -0.2) is 17.0 Å². The summed E-state index contributed by atoms with van der Waals surface area (Å²) in [5, 5.41) is 3.12. The fraction of sp³-hybridized carbons (Fsp3) is 0.182. The number of rotatable bonds is 2. The fourth-order valence-electron chi connectivity index (χ4n) is 1.59. The summed E-state index contributed by atoms with van der Waals surface area (Å²) in [5.41, 5.74) is 4.18. The number of anilines is 1. The molecule has 0 saturated heterocycles. The number of imidazole rings is 1. The molecule has 1 aromatic heterocycles. The first-order valence-corrected chi connectivity index (χ1v) is 4.55. The summed E-state index contributed by atoms with van der Waals surface area (Å²) in [4.78, 5) is 7.57. The van der Waals surface area contributed by atoms with Gasteiger partial charge in [-0.25, -0.2) is 4.98 Å². The number of fused-ring (bicyclic) bond motifs is 1. The second-order valence-corrected chi connectivity index (χ2v) is 3.23. The largest absolute Gasteiger partial charge is 0.388 e.